The topological polar surface area (TPSA) is 40.6 Å². The van der Waals surface area contributed by atoms with Crippen molar-refractivity contribution in [3.05, 3.63) is 29.8 Å². The Hall–Kier alpha value is -1.84. The number of hydrogen-bond donors (Lipinski definition) is 0. The van der Waals surface area contributed by atoms with E-state index in [0.717, 1.165) is 44.6 Å². The number of rotatable bonds is 2. The first-order valence-electron chi connectivity index (χ1n) is 9.22. The highest BCUT2D eigenvalue weighted by Crippen LogP contribution is 2.42. The second-order valence-corrected chi connectivity index (χ2v) is 7.98. The number of carbonyl (C=O) groups excluding carboxylic acids is 2. The normalized spacial score (nSPS) is 27.6. The highest BCUT2D eigenvalue weighted by atomic mass is 16.2. The van der Waals surface area contributed by atoms with Crippen LogP contribution in [0.4, 0.5) is 5.69 Å². The molecule has 1 aromatic rings. The van der Waals surface area contributed by atoms with Gasteiger partial charge in [0.2, 0.25) is 11.8 Å². The summed E-state index contributed by atoms with van der Waals surface area (Å²) in [6.07, 6.45) is 6.02. The number of likely N-dealkylation sites (tertiary alicyclic amines) is 1. The number of benzene rings is 1. The molecule has 1 aromatic carbocycles. The molecule has 4 nitrogen and oxygen atoms in total. The van der Waals surface area contributed by atoms with Gasteiger partial charge in [0.15, 0.2) is 0 Å². The molecule has 2 saturated heterocycles. The van der Waals surface area contributed by atoms with E-state index in [2.05, 4.69) is 19.1 Å². The van der Waals surface area contributed by atoms with Gasteiger partial charge in [0, 0.05) is 43.1 Å². The van der Waals surface area contributed by atoms with Crippen LogP contribution in [0.1, 0.15) is 44.1 Å². The zero-order chi connectivity index (χ0) is 16.7. The molecule has 1 unspecified atom stereocenters. The molecular weight excluding hydrogens is 300 g/mol. The van der Waals surface area contributed by atoms with Crippen LogP contribution in [0.2, 0.25) is 0 Å². The van der Waals surface area contributed by atoms with Gasteiger partial charge in [0.1, 0.15) is 0 Å². The zero-order valence-electron chi connectivity index (χ0n) is 14.5. The fourth-order valence-corrected chi connectivity index (χ4v) is 4.68. The molecule has 0 N–H and O–H groups in total. The van der Waals surface area contributed by atoms with Crippen LogP contribution >= 0.6 is 0 Å². The minimum absolute atomic E-state index is 0.0315. The summed E-state index contributed by atoms with van der Waals surface area (Å²) >= 11 is 0. The summed E-state index contributed by atoms with van der Waals surface area (Å²) < 4.78 is 0. The van der Waals surface area contributed by atoms with Crippen LogP contribution in [-0.2, 0) is 9.59 Å². The lowest BCUT2D eigenvalue weighted by Crippen LogP contribution is -2.36. The Kier molecular flexibility index (Phi) is 3.86. The standard InChI is InChI=1S/C20H26N2O2/c1-15-6-8-17(9-7-15)22-14-20(12-18(22)23)10-11-21(13-20)19(24)16-4-2-3-5-16/h6-9,16H,2-5,10-14H2,1H3. The van der Waals surface area contributed by atoms with E-state index >= 15 is 0 Å². The largest absolute Gasteiger partial charge is 0.342 e. The molecule has 0 bridgehead atoms. The van der Waals surface area contributed by atoms with Crippen LogP contribution in [-0.4, -0.2) is 36.3 Å². The molecule has 1 spiro atoms. The summed E-state index contributed by atoms with van der Waals surface area (Å²) in [6.45, 7) is 4.39. The second kappa shape index (κ2) is 5.91. The second-order valence-electron chi connectivity index (χ2n) is 7.98. The van der Waals surface area contributed by atoms with Crippen molar-refractivity contribution in [3.63, 3.8) is 0 Å². The van der Waals surface area contributed by atoms with Gasteiger partial charge < -0.3 is 9.80 Å². The molecule has 24 heavy (non-hydrogen) atoms. The van der Waals surface area contributed by atoms with E-state index in [9.17, 15) is 9.59 Å². The van der Waals surface area contributed by atoms with E-state index in [0.29, 0.717) is 12.3 Å². The Balaban J connectivity index is 1.46. The van der Waals surface area contributed by atoms with E-state index in [1.807, 2.05) is 21.9 Å². The highest BCUT2D eigenvalue weighted by Gasteiger charge is 2.49. The minimum atomic E-state index is -0.0315. The zero-order valence-corrected chi connectivity index (χ0v) is 14.5. The lowest BCUT2D eigenvalue weighted by atomic mass is 9.86. The molecule has 1 saturated carbocycles. The molecule has 4 heteroatoms. The molecule has 2 aliphatic heterocycles. The van der Waals surface area contributed by atoms with Crippen LogP contribution in [0, 0.1) is 18.3 Å². The lowest BCUT2D eigenvalue weighted by molar-refractivity contribution is -0.134. The van der Waals surface area contributed by atoms with E-state index in [4.69, 9.17) is 0 Å². The summed E-state index contributed by atoms with van der Waals surface area (Å²) in [7, 11) is 0. The van der Waals surface area contributed by atoms with Crippen LogP contribution in [0.5, 0.6) is 0 Å². The van der Waals surface area contributed by atoms with Crippen molar-refractivity contribution in [1.82, 2.24) is 4.90 Å². The molecule has 3 aliphatic rings. The number of nitrogens with zero attached hydrogens (tertiary/aromatic N) is 2. The van der Waals surface area contributed by atoms with Gasteiger partial charge in [0.05, 0.1) is 0 Å². The van der Waals surface area contributed by atoms with Crippen molar-refractivity contribution in [2.45, 2.75) is 45.4 Å². The molecule has 0 radical (unpaired) electrons. The molecular formula is C20H26N2O2. The van der Waals surface area contributed by atoms with Crippen molar-refractivity contribution in [2.24, 2.45) is 11.3 Å². The van der Waals surface area contributed by atoms with Gasteiger partial charge in [-0.2, -0.15) is 0 Å². The molecule has 3 fully saturated rings. The van der Waals surface area contributed by atoms with Crippen molar-refractivity contribution in [1.29, 1.82) is 0 Å². The first-order valence-corrected chi connectivity index (χ1v) is 9.22. The molecule has 0 aromatic heterocycles. The van der Waals surface area contributed by atoms with E-state index in [1.54, 1.807) is 0 Å². The molecule has 1 aliphatic carbocycles. The third-order valence-corrected chi connectivity index (χ3v) is 6.12. The number of amides is 2. The Morgan fingerprint density at radius 1 is 1.12 bits per heavy atom. The van der Waals surface area contributed by atoms with Crippen LogP contribution in [0.25, 0.3) is 0 Å². The SMILES string of the molecule is Cc1ccc(N2CC3(CCN(C(=O)C4CCCC4)C3)CC2=O)cc1. The first-order chi connectivity index (χ1) is 11.6. The third kappa shape index (κ3) is 2.72. The maximum absolute atomic E-state index is 12.7. The molecule has 2 heterocycles. The maximum Gasteiger partial charge on any atom is 0.227 e. The summed E-state index contributed by atoms with van der Waals surface area (Å²) in [4.78, 5) is 29.2. The molecule has 128 valence electrons. The van der Waals surface area contributed by atoms with Crippen molar-refractivity contribution < 1.29 is 9.59 Å². The van der Waals surface area contributed by atoms with Crippen molar-refractivity contribution >= 4 is 17.5 Å². The summed E-state index contributed by atoms with van der Waals surface area (Å²) in [6, 6.07) is 8.17. The van der Waals surface area contributed by atoms with Gasteiger partial charge in [-0.05, 0) is 38.3 Å². The maximum atomic E-state index is 12.7. The smallest absolute Gasteiger partial charge is 0.227 e. The molecule has 4 rings (SSSR count). The van der Waals surface area contributed by atoms with Gasteiger partial charge in [-0.1, -0.05) is 30.5 Å². The summed E-state index contributed by atoms with van der Waals surface area (Å²) in [5.41, 5.74) is 2.16. The van der Waals surface area contributed by atoms with Gasteiger partial charge in [-0.15, -0.1) is 0 Å². The van der Waals surface area contributed by atoms with E-state index in [-0.39, 0.29) is 17.2 Å². The van der Waals surface area contributed by atoms with Crippen LogP contribution in [0.15, 0.2) is 24.3 Å². The molecule has 1 atom stereocenters. The van der Waals surface area contributed by atoms with Crippen molar-refractivity contribution in [2.75, 3.05) is 24.5 Å². The number of aryl methyl sites for hydroxylation is 1. The Morgan fingerprint density at radius 2 is 1.83 bits per heavy atom. The van der Waals surface area contributed by atoms with Gasteiger partial charge >= 0.3 is 0 Å². The number of carbonyl (C=O) groups is 2. The van der Waals surface area contributed by atoms with E-state index < -0.39 is 0 Å². The van der Waals surface area contributed by atoms with Crippen LogP contribution in [0.3, 0.4) is 0 Å². The average molecular weight is 326 g/mol. The minimum Gasteiger partial charge on any atom is -0.342 e. The average Bonchev–Trinajstić information content (AvgIpc) is 3.29. The van der Waals surface area contributed by atoms with Gasteiger partial charge in [0.25, 0.3) is 0 Å². The number of hydrogen-bond acceptors (Lipinski definition) is 2. The molecule has 2 amide bonds. The Morgan fingerprint density at radius 3 is 2.54 bits per heavy atom. The van der Waals surface area contributed by atoms with Crippen LogP contribution < -0.4 is 4.90 Å². The predicted molar refractivity (Wildman–Crippen MR) is 93.7 cm³/mol. The first kappa shape index (κ1) is 15.7. The quantitative estimate of drug-likeness (QED) is 0.838. The lowest BCUT2D eigenvalue weighted by Gasteiger charge is -2.25. The Bertz CT molecular complexity index is 648. The predicted octanol–water partition coefficient (Wildman–Crippen LogP) is 3.14. The fraction of sp³-hybridized carbons (Fsp3) is 0.600. The Labute approximate surface area is 143 Å². The fourth-order valence-electron chi connectivity index (χ4n) is 4.68. The van der Waals surface area contributed by atoms with Gasteiger partial charge in [-0.25, -0.2) is 0 Å². The van der Waals surface area contributed by atoms with Crippen molar-refractivity contribution in [3.8, 4) is 0 Å². The number of anilines is 1. The monoisotopic (exact) mass is 326 g/mol. The summed E-state index contributed by atoms with van der Waals surface area (Å²) in [5.74, 6) is 0.782. The highest BCUT2D eigenvalue weighted by molar-refractivity contribution is 5.96. The van der Waals surface area contributed by atoms with Gasteiger partial charge in [-0.3, -0.25) is 9.59 Å². The third-order valence-electron chi connectivity index (χ3n) is 6.12. The summed E-state index contributed by atoms with van der Waals surface area (Å²) in [5, 5.41) is 0. The van der Waals surface area contributed by atoms with E-state index in [1.165, 1.54) is 18.4 Å².